The fraction of sp³-hybridized carbons (Fsp3) is 0.333. The van der Waals surface area contributed by atoms with Crippen LogP contribution in [0.1, 0.15) is 41.9 Å². The second-order valence-corrected chi connectivity index (χ2v) is 7.09. The molecule has 25 heavy (non-hydrogen) atoms. The van der Waals surface area contributed by atoms with Crippen LogP contribution < -0.4 is 5.32 Å². The lowest BCUT2D eigenvalue weighted by atomic mass is 10.1. The van der Waals surface area contributed by atoms with Gasteiger partial charge in [-0.05, 0) is 48.9 Å². The minimum Gasteiger partial charge on any atom is -0.348 e. The van der Waals surface area contributed by atoms with E-state index < -0.39 is 0 Å². The molecule has 0 aromatic carbocycles. The van der Waals surface area contributed by atoms with Crippen LogP contribution in [-0.2, 0) is 0 Å². The Hall–Kier alpha value is -2.54. The van der Waals surface area contributed by atoms with Crippen LogP contribution in [0.25, 0.3) is 10.2 Å². The van der Waals surface area contributed by atoms with Crippen molar-refractivity contribution >= 4 is 33.4 Å². The molecular formula is C18H19N5OS. The Morgan fingerprint density at radius 3 is 2.72 bits per heavy atom. The van der Waals surface area contributed by atoms with Gasteiger partial charge in [0.2, 0.25) is 5.95 Å². The highest BCUT2D eigenvalue weighted by atomic mass is 32.1. The van der Waals surface area contributed by atoms with Gasteiger partial charge in [0, 0.05) is 25.5 Å². The third-order valence-electron chi connectivity index (χ3n) is 4.45. The average molecular weight is 353 g/mol. The van der Waals surface area contributed by atoms with Crippen LogP contribution in [0.2, 0.25) is 0 Å². The summed E-state index contributed by atoms with van der Waals surface area (Å²) in [6, 6.07) is 5.87. The zero-order valence-electron chi connectivity index (χ0n) is 14.0. The summed E-state index contributed by atoms with van der Waals surface area (Å²) in [5.41, 5.74) is 2.41. The smallest absolute Gasteiger partial charge is 0.274 e. The molecule has 0 bridgehead atoms. The molecule has 3 aromatic heterocycles. The van der Waals surface area contributed by atoms with Crippen LogP contribution in [0.5, 0.6) is 0 Å². The predicted octanol–water partition coefficient (Wildman–Crippen LogP) is 3.50. The van der Waals surface area contributed by atoms with Crippen molar-refractivity contribution in [3.8, 4) is 0 Å². The SMILES string of the molecule is C[C@H](Nc1nc(C(=O)N2CCCC2)c2sccc2n1)c1ccncc1. The molecule has 0 spiro atoms. The summed E-state index contributed by atoms with van der Waals surface area (Å²) in [4.78, 5) is 27.9. The number of rotatable bonds is 4. The number of hydrogen-bond acceptors (Lipinski definition) is 6. The van der Waals surface area contributed by atoms with E-state index >= 15 is 0 Å². The van der Waals surface area contributed by atoms with Gasteiger partial charge in [-0.15, -0.1) is 11.3 Å². The van der Waals surface area contributed by atoms with Crippen molar-refractivity contribution < 1.29 is 4.79 Å². The molecule has 3 aromatic rings. The van der Waals surface area contributed by atoms with Gasteiger partial charge in [-0.2, -0.15) is 0 Å². The summed E-state index contributed by atoms with van der Waals surface area (Å²) >= 11 is 1.52. The summed E-state index contributed by atoms with van der Waals surface area (Å²) in [6.45, 7) is 3.66. The van der Waals surface area contributed by atoms with Crippen LogP contribution >= 0.6 is 11.3 Å². The zero-order valence-corrected chi connectivity index (χ0v) is 14.8. The molecule has 0 aliphatic carbocycles. The predicted molar refractivity (Wildman–Crippen MR) is 98.8 cm³/mol. The van der Waals surface area contributed by atoms with E-state index in [4.69, 9.17) is 0 Å². The van der Waals surface area contributed by atoms with E-state index in [0.717, 1.165) is 41.7 Å². The molecule has 128 valence electrons. The first kappa shape index (κ1) is 16.0. The van der Waals surface area contributed by atoms with Gasteiger partial charge in [0.05, 0.1) is 16.3 Å². The molecule has 1 N–H and O–H groups in total. The van der Waals surface area contributed by atoms with Gasteiger partial charge in [-0.25, -0.2) is 9.97 Å². The summed E-state index contributed by atoms with van der Waals surface area (Å²) in [5.74, 6) is 0.490. The molecule has 1 aliphatic heterocycles. The van der Waals surface area contributed by atoms with E-state index in [0.29, 0.717) is 11.6 Å². The van der Waals surface area contributed by atoms with Gasteiger partial charge in [0.1, 0.15) is 0 Å². The van der Waals surface area contributed by atoms with E-state index in [1.807, 2.05) is 35.4 Å². The normalized spacial score (nSPS) is 15.5. The molecule has 7 heteroatoms. The van der Waals surface area contributed by atoms with Crippen molar-refractivity contribution in [1.82, 2.24) is 19.9 Å². The molecule has 6 nitrogen and oxygen atoms in total. The lowest BCUT2D eigenvalue weighted by molar-refractivity contribution is 0.0789. The van der Waals surface area contributed by atoms with Gasteiger partial charge in [-0.3, -0.25) is 9.78 Å². The summed E-state index contributed by atoms with van der Waals surface area (Å²) in [5, 5.41) is 5.26. The monoisotopic (exact) mass is 353 g/mol. The largest absolute Gasteiger partial charge is 0.348 e. The number of amides is 1. The molecule has 4 rings (SSSR count). The topological polar surface area (TPSA) is 71.0 Å². The number of pyridine rings is 1. The minimum atomic E-state index is 0.00645. The van der Waals surface area contributed by atoms with Crippen molar-refractivity contribution in [3.63, 3.8) is 0 Å². The number of carbonyl (C=O) groups is 1. The highest BCUT2D eigenvalue weighted by Gasteiger charge is 2.24. The lowest BCUT2D eigenvalue weighted by Crippen LogP contribution is -2.28. The van der Waals surface area contributed by atoms with Gasteiger partial charge in [0.25, 0.3) is 5.91 Å². The van der Waals surface area contributed by atoms with Crippen molar-refractivity contribution in [2.75, 3.05) is 18.4 Å². The average Bonchev–Trinajstić information content (AvgIpc) is 3.33. The molecule has 0 unspecified atom stereocenters. The van der Waals surface area contributed by atoms with Crippen molar-refractivity contribution in [3.05, 3.63) is 47.2 Å². The Morgan fingerprint density at radius 1 is 1.20 bits per heavy atom. The van der Waals surface area contributed by atoms with Gasteiger partial charge in [-0.1, -0.05) is 0 Å². The fourth-order valence-corrected chi connectivity index (χ4v) is 3.88. The third kappa shape index (κ3) is 3.19. The molecule has 1 amide bonds. The minimum absolute atomic E-state index is 0.00645. The highest BCUT2D eigenvalue weighted by Crippen LogP contribution is 2.27. The van der Waals surface area contributed by atoms with E-state index in [1.54, 1.807) is 12.4 Å². The van der Waals surface area contributed by atoms with E-state index in [-0.39, 0.29) is 11.9 Å². The second kappa shape index (κ2) is 6.76. The highest BCUT2D eigenvalue weighted by molar-refractivity contribution is 7.17. The first-order valence-electron chi connectivity index (χ1n) is 8.43. The number of thiophene rings is 1. The van der Waals surface area contributed by atoms with Crippen LogP contribution in [0.4, 0.5) is 5.95 Å². The Balaban J connectivity index is 1.67. The maximum atomic E-state index is 12.9. The van der Waals surface area contributed by atoms with Gasteiger partial charge in [0.15, 0.2) is 5.69 Å². The van der Waals surface area contributed by atoms with Crippen LogP contribution in [0.3, 0.4) is 0 Å². The fourth-order valence-electron chi connectivity index (χ4n) is 3.07. The van der Waals surface area contributed by atoms with Crippen LogP contribution in [-0.4, -0.2) is 38.8 Å². The summed E-state index contributed by atoms with van der Waals surface area (Å²) in [7, 11) is 0. The molecular weight excluding hydrogens is 334 g/mol. The first-order valence-corrected chi connectivity index (χ1v) is 9.31. The van der Waals surface area contributed by atoms with Crippen molar-refractivity contribution in [1.29, 1.82) is 0 Å². The first-order chi connectivity index (χ1) is 12.2. The number of likely N-dealkylation sites (tertiary alicyclic amines) is 1. The lowest BCUT2D eigenvalue weighted by Gasteiger charge is -2.17. The van der Waals surface area contributed by atoms with E-state index in [9.17, 15) is 4.79 Å². The Bertz CT molecular complexity index is 889. The number of aromatic nitrogens is 3. The van der Waals surface area contributed by atoms with E-state index in [2.05, 4.69) is 20.3 Å². The molecule has 1 aliphatic rings. The number of nitrogens with zero attached hydrogens (tertiary/aromatic N) is 4. The van der Waals surface area contributed by atoms with Crippen molar-refractivity contribution in [2.45, 2.75) is 25.8 Å². The van der Waals surface area contributed by atoms with Gasteiger partial charge < -0.3 is 10.2 Å². The van der Waals surface area contributed by atoms with Gasteiger partial charge >= 0.3 is 0 Å². The molecule has 1 atom stereocenters. The number of carbonyl (C=O) groups excluding carboxylic acids is 1. The van der Waals surface area contributed by atoms with Crippen LogP contribution in [0.15, 0.2) is 36.0 Å². The molecule has 0 saturated carbocycles. The van der Waals surface area contributed by atoms with Crippen LogP contribution in [0, 0.1) is 0 Å². The summed E-state index contributed by atoms with van der Waals surface area (Å²) in [6.07, 6.45) is 5.65. The molecule has 0 radical (unpaired) electrons. The molecule has 1 saturated heterocycles. The van der Waals surface area contributed by atoms with E-state index in [1.165, 1.54) is 11.3 Å². The summed E-state index contributed by atoms with van der Waals surface area (Å²) < 4.78 is 0.860. The molecule has 1 fully saturated rings. The third-order valence-corrected chi connectivity index (χ3v) is 5.36. The Labute approximate surface area is 149 Å². The maximum absolute atomic E-state index is 12.9. The zero-order chi connectivity index (χ0) is 17.2. The number of hydrogen-bond donors (Lipinski definition) is 1. The maximum Gasteiger partial charge on any atom is 0.274 e. The number of fused-ring (bicyclic) bond motifs is 1. The van der Waals surface area contributed by atoms with Crippen molar-refractivity contribution in [2.24, 2.45) is 0 Å². The second-order valence-electron chi connectivity index (χ2n) is 6.18. The molecule has 4 heterocycles. The number of anilines is 1. The quantitative estimate of drug-likeness (QED) is 0.777. The Kier molecular flexibility index (Phi) is 4.31. The standard InChI is InChI=1S/C18H19N5OS/c1-12(13-4-7-19-8-5-13)20-18-21-14-6-11-25-16(14)15(22-18)17(24)23-9-2-3-10-23/h4-8,11-12H,2-3,9-10H2,1H3,(H,20,21,22)/t12-/m0/s1. The number of nitrogens with one attached hydrogen (secondary N) is 1. The Morgan fingerprint density at radius 2 is 1.96 bits per heavy atom.